The van der Waals surface area contributed by atoms with Gasteiger partial charge in [-0.15, -0.1) is 5.10 Å². The van der Waals surface area contributed by atoms with Gasteiger partial charge in [-0.1, -0.05) is 18.2 Å². The molecule has 0 aliphatic heterocycles. The summed E-state index contributed by atoms with van der Waals surface area (Å²) in [6, 6.07) is 16.1. The number of benzene rings is 1. The topological polar surface area (TPSA) is 81.5 Å². The Labute approximate surface area is 148 Å². The summed E-state index contributed by atoms with van der Waals surface area (Å²) in [5.41, 5.74) is 1.71. The Hall–Kier alpha value is -3.61. The number of fused-ring (bicyclic) bond motifs is 1. The number of hydrogen-bond acceptors (Lipinski definition) is 4. The van der Waals surface area contributed by atoms with E-state index in [0.717, 1.165) is 5.56 Å². The number of hydrogen-bond donors (Lipinski definition) is 1. The molecule has 4 rings (SSSR count). The summed E-state index contributed by atoms with van der Waals surface area (Å²) >= 11 is 0. The average molecular weight is 348 g/mol. The fourth-order valence-corrected chi connectivity index (χ4v) is 2.74. The predicted molar refractivity (Wildman–Crippen MR) is 94.9 cm³/mol. The summed E-state index contributed by atoms with van der Waals surface area (Å²) in [7, 11) is 0. The van der Waals surface area contributed by atoms with Gasteiger partial charge in [0.25, 0.3) is 5.91 Å². The van der Waals surface area contributed by atoms with Gasteiger partial charge in [-0.2, -0.15) is 0 Å². The van der Waals surface area contributed by atoms with Gasteiger partial charge in [-0.3, -0.25) is 9.20 Å². The van der Waals surface area contributed by atoms with Crippen LogP contribution in [-0.4, -0.2) is 20.1 Å². The highest BCUT2D eigenvalue weighted by atomic mass is 16.3. The van der Waals surface area contributed by atoms with Crippen molar-refractivity contribution in [3.05, 3.63) is 94.4 Å². The lowest BCUT2D eigenvalue weighted by Crippen LogP contribution is -2.23. The monoisotopic (exact) mass is 348 g/mol. The predicted octanol–water partition coefficient (Wildman–Crippen LogP) is 2.07. The zero-order chi connectivity index (χ0) is 17.9. The minimum Gasteiger partial charge on any atom is -0.467 e. The van der Waals surface area contributed by atoms with Crippen LogP contribution < -0.4 is 11.0 Å². The van der Waals surface area contributed by atoms with Gasteiger partial charge in [0.1, 0.15) is 5.76 Å². The highest BCUT2D eigenvalue weighted by molar-refractivity contribution is 5.94. The zero-order valence-corrected chi connectivity index (χ0v) is 13.8. The first-order valence-electron chi connectivity index (χ1n) is 8.14. The van der Waals surface area contributed by atoms with Crippen LogP contribution in [0.2, 0.25) is 0 Å². The lowest BCUT2D eigenvalue weighted by Gasteiger charge is -2.06. The number of furan rings is 1. The van der Waals surface area contributed by atoms with Crippen molar-refractivity contribution in [3.8, 4) is 0 Å². The Morgan fingerprint density at radius 1 is 1.12 bits per heavy atom. The molecule has 0 unspecified atom stereocenters. The third-order valence-corrected chi connectivity index (χ3v) is 4.01. The molecule has 0 spiro atoms. The van der Waals surface area contributed by atoms with E-state index in [-0.39, 0.29) is 11.6 Å². The normalized spacial score (nSPS) is 10.9. The maximum absolute atomic E-state index is 12.4. The molecule has 7 nitrogen and oxygen atoms in total. The fourth-order valence-electron chi connectivity index (χ4n) is 2.74. The summed E-state index contributed by atoms with van der Waals surface area (Å²) in [5, 5.41) is 7.11. The van der Waals surface area contributed by atoms with E-state index in [1.165, 1.54) is 9.08 Å². The van der Waals surface area contributed by atoms with Crippen molar-refractivity contribution in [1.82, 2.24) is 19.5 Å². The van der Waals surface area contributed by atoms with Crippen molar-refractivity contribution in [2.45, 2.75) is 13.1 Å². The maximum Gasteiger partial charge on any atom is 0.350 e. The van der Waals surface area contributed by atoms with Crippen LogP contribution in [-0.2, 0) is 13.1 Å². The highest BCUT2D eigenvalue weighted by Gasteiger charge is 2.10. The summed E-state index contributed by atoms with van der Waals surface area (Å²) in [6.07, 6.45) is 3.24. The van der Waals surface area contributed by atoms with Gasteiger partial charge in [0, 0.05) is 11.8 Å². The van der Waals surface area contributed by atoms with Gasteiger partial charge in [-0.25, -0.2) is 9.48 Å². The fraction of sp³-hybridized carbons (Fsp3) is 0.105. The Bertz CT molecular complexity index is 1110. The number of nitrogens with one attached hydrogen (secondary N) is 1. The van der Waals surface area contributed by atoms with Crippen LogP contribution in [0.25, 0.3) is 5.65 Å². The molecule has 1 N–H and O–H groups in total. The van der Waals surface area contributed by atoms with Crippen molar-refractivity contribution in [1.29, 1.82) is 0 Å². The highest BCUT2D eigenvalue weighted by Crippen LogP contribution is 2.08. The summed E-state index contributed by atoms with van der Waals surface area (Å²) in [5.74, 6) is 0.483. The molecule has 0 aliphatic rings. The maximum atomic E-state index is 12.4. The second kappa shape index (κ2) is 6.72. The molecule has 4 aromatic rings. The number of carbonyl (C=O) groups excluding carboxylic acids is 1. The molecule has 0 radical (unpaired) electrons. The van der Waals surface area contributed by atoms with Crippen LogP contribution in [0.3, 0.4) is 0 Å². The summed E-state index contributed by atoms with van der Waals surface area (Å²) in [4.78, 5) is 24.7. The number of rotatable bonds is 5. The van der Waals surface area contributed by atoms with Crippen LogP contribution in [0.4, 0.5) is 0 Å². The van der Waals surface area contributed by atoms with Gasteiger partial charge < -0.3 is 9.73 Å². The molecule has 26 heavy (non-hydrogen) atoms. The van der Waals surface area contributed by atoms with E-state index in [2.05, 4.69) is 10.4 Å². The largest absolute Gasteiger partial charge is 0.467 e. The van der Waals surface area contributed by atoms with E-state index in [9.17, 15) is 9.59 Å². The first-order chi connectivity index (χ1) is 12.7. The summed E-state index contributed by atoms with van der Waals surface area (Å²) < 4.78 is 8.07. The standard InChI is InChI=1S/C19H16N4O3/c24-18(20-12-16-7-4-10-26-16)15-6-3-5-14(11-15)13-23-19(25)22-9-2-1-8-17(22)21-23/h1-11H,12-13H2,(H,20,24). The second-order valence-corrected chi connectivity index (χ2v) is 5.83. The van der Waals surface area contributed by atoms with E-state index in [0.29, 0.717) is 30.1 Å². The number of amides is 1. The van der Waals surface area contributed by atoms with Gasteiger partial charge in [0.2, 0.25) is 0 Å². The zero-order valence-electron chi connectivity index (χ0n) is 13.8. The molecule has 0 aliphatic carbocycles. The minimum absolute atomic E-state index is 0.203. The molecule has 0 saturated carbocycles. The number of aromatic nitrogens is 3. The minimum atomic E-state index is -0.215. The molecule has 0 saturated heterocycles. The first-order valence-corrected chi connectivity index (χ1v) is 8.14. The number of pyridine rings is 1. The van der Waals surface area contributed by atoms with E-state index < -0.39 is 0 Å². The van der Waals surface area contributed by atoms with Gasteiger partial charge >= 0.3 is 5.69 Å². The van der Waals surface area contributed by atoms with E-state index >= 15 is 0 Å². The molecular formula is C19H16N4O3. The quantitative estimate of drug-likeness (QED) is 0.599. The Kier molecular flexibility index (Phi) is 4.10. The molecule has 0 fully saturated rings. The second-order valence-electron chi connectivity index (χ2n) is 5.83. The average Bonchev–Trinajstić information content (AvgIpc) is 3.29. The van der Waals surface area contributed by atoms with Gasteiger partial charge in [0.05, 0.1) is 19.4 Å². The molecule has 1 aromatic carbocycles. The van der Waals surface area contributed by atoms with Crippen molar-refractivity contribution >= 4 is 11.6 Å². The van der Waals surface area contributed by atoms with Crippen LogP contribution in [0.5, 0.6) is 0 Å². The van der Waals surface area contributed by atoms with Gasteiger partial charge in [0.15, 0.2) is 5.65 Å². The molecule has 0 atom stereocenters. The Morgan fingerprint density at radius 3 is 2.85 bits per heavy atom. The SMILES string of the molecule is O=C(NCc1ccco1)c1cccc(Cn2nc3ccccn3c2=O)c1. The molecular weight excluding hydrogens is 332 g/mol. The number of carbonyl (C=O) groups is 1. The van der Waals surface area contributed by atoms with E-state index in [1.807, 2.05) is 12.1 Å². The molecule has 0 bridgehead atoms. The van der Waals surface area contributed by atoms with Crippen molar-refractivity contribution in [2.75, 3.05) is 0 Å². The van der Waals surface area contributed by atoms with E-state index in [1.54, 1.807) is 54.9 Å². The molecule has 1 amide bonds. The Morgan fingerprint density at radius 2 is 2.04 bits per heavy atom. The molecule has 130 valence electrons. The molecule has 3 heterocycles. The first kappa shape index (κ1) is 15.9. The third-order valence-electron chi connectivity index (χ3n) is 4.01. The van der Waals surface area contributed by atoms with Crippen molar-refractivity contribution in [2.24, 2.45) is 0 Å². The van der Waals surface area contributed by atoms with Crippen molar-refractivity contribution < 1.29 is 9.21 Å². The van der Waals surface area contributed by atoms with Crippen LogP contribution >= 0.6 is 0 Å². The summed E-state index contributed by atoms with van der Waals surface area (Å²) in [6.45, 7) is 0.613. The molecule has 3 aromatic heterocycles. The smallest absolute Gasteiger partial charge is 0.350 e. The van der Waals surface area contributed by atoms with Crippen LogP contribution in [0, 0.1) is 0 Å². The lowest BCUT2D eigenvalue weighted by atomic mass is 10.1. The lowest BCUT2D eigenvalue weighted by molar-refractivity contribution is 0.0948. The van der Waals surface area contributed by atoms with E-state index in [4.69, 9.17) is 4.42 Å². The molecule has 7 heteroatoms. The Balaban J connectivity index is 1.52. The van der Waals surface area contributed by atoms with Crippen LogP contribution in [0.15, 0.2) is 76.3 Å². The van der Waals surface area contributed by atoms with Crippen LogP contribution in [0.1, 0.15) is 21.7 Å². The number of nitrogens with zero attached hydrogens (tertiary/aromatic N) is 3. The van der Waals surface area contributed by atoms with Crippen molar-refractivity contribution in [3.63, 3.8) is 0 Å². The third kappa shape index (κ3) is 3.14. The van der Waals surface area contributed by atoms with Gasteiger partial charge in [-0.05, 0) is 42.0 Å².